The van der Waals surface area contributed by atoms with Crippen molar-refractivity contribution in [2.75, 3.05) is 13.2 Å². The third-order valence-electron chi connectivity index (χ3n) is 4.35. The Hall–Kier alpha value is -1.95. The van der Waals surface area contributed by atoms with Gasteiger partial charge < -0.3 is 14.9 Å². The monoisotopic (exact) mass is 289 g/mol. The van der Waals surface area contributed by atoms with Crippen molar-refractivity contribution in [1.82, 2.24) is 15.5 Å². The number of aliphatic hydroxyl groups excluding tert-OH is 1. The highest BCUT2D eigenvalue weighted by Gasteiger charge is 2.26. The normalized spacial score (nSPS) is 21.8. The van der Waals surface area contributed by atoms with E-state index in [-0.39, 0.29) is 12.5 Å². The van der Waals surface area contributed by atoms with E-state index in [1.54, 1.807) is 6.07 Å². The second-order valence-corrected chi connectivity index (χ2v) is 5.69. The maximum absolute atomic E-state index is 12.2. The van der Waals surface area contributed by atoms with Gasteiger partial charge in [-0.15, -0.1) is 0 Å². The fourth-order valence-corrected chi connectivity index (χ4v) is 3.02. The summed E-state index contributed by atoms with van der Waals surface area (Å²) in [6, 6.07) is 1.75. The molecule has 112 valence electrons. The SMILES string of the molecule is Cc1noc2ncc(C(=O)NCC3CCCC3CO)cc12. The summed E-state index contributed by atoms with van der Waals surface area (Å²) in [5.74, 6) is 0.535. The van der Waals surface area contributed by atoms with Gasteiger partial charge in [-0.05, 0) is 37.7 Å². The molecule has 1 saturated carbocycles. The van der Waals surface area contributed by atoms with Crippen LogP contribution in [0, 0.1) is 18.8 Å². The number of carbonyl (C=O) groups is 1. The Kier molecular flexibility index (Phi) is 3.88. The summed E-state index contributed by atoms with van der Waals surface area (Å²) >= 11 is 0. The first-order chi connectivity index (χ1) is 10.2. The average Bonchev–Trinajstić information content (AvgIpc) is 3.11. The van der Waals surface area contributed by atoms with Crippen LogP contribution < -0.4 is 5.32 Å². The maximum atomic E-state index is 12.2. The predicted molar refractivity (Wildman–Crippen MR) is 76.8 cm³/mol. The third kappa shape index (κ3) is 2.76. The van der Waals surface area contributed by atoms with Gasteiger partial charge >= 0.3 is 0 Å². The van der Waals surface area contributed by atoms with Crippen LogP contribution in [0.25, 0.3) is 11.1 Å². The molecule has 2 heterocycles. The Bertz CT molecular complexity index is 653. The first-order valence-corrected chi connectivity index (χ1v) is 7.30. The van der Waals surface area contributed by atoms with Gasteiger partial charge in [0.05, 0.1) is 16.6 Å². The third-order valence-corrected chi connectivity index (χ3v) is 4.35. The fourth-order valence-electron chi connectivity index (χ4n) is 3.02. The van der Waals surface area contributed by atoms with Crippen LogP contribution in [0.1, 0.15) is 35.3 Å². The predicted octanol–water partition coefficient (Wildman–Crippen LogP) is 1.67. The van der Waals surface area contributed by atoms with Crippen molar-refractivity contribution in [3.8, 4) is 0 Å². The van der Waals surface area contributed by atoms with Crippen LogP contribution >= 0.6 is 0 Å². The molecule has 0 aliphatic heterocycles. The molecule has 1 amide bonds. The molecule has 2 unspecified atom stereocenters. The Labute approximate surface area is 122 Å². The van der Waals surface area contributed by atoms with E-state index in [1.165, 1.54) is 6.20 Å². The minimum Gasteiger partial charge on any atom is -0.396 e. The van der Waals surface area contributed by atoms with Crippen LogP contribution in [0.4, 0.5) is 0 Å². The Morgan fingerprint density at radius 1 is 1.48 bits per heavy atom. The Balaban J connectivity index is 1.67. The minimum atomic E-state index is -0.145. The molecule has 1 aliphatic rings. The van der Waals surface area contributed by atoms with Crippen molar-refractivity contribution in [3.05, 3.63) is 23.5 Å². The summed E-state index contributed by atoms with van der Waals surface area (Å²) in [6.45, 7) is 2.62. The van der Waals surface area contributed by atoms with Gasteiger partial charge in [-0.25, -0.2) is 4.98 Å². The Morgan fingerprint density at radius 3 is 3.10 bits per heavy atom. The van der Waals surface area contributed by atoms with Crippen LogP contribution in [-0.4, -0.2) is 34.3 Å². The molecule has 0 bridgehead atoms. The highest BCUT2D eigenvalue weighted by molar-refractivity contribution is 5.96. The molecular weight excluding hydrogens is 270 g/mol. The van der Waals surface area contributed by atoms with E-state index >= 15 is 0 Å². The summed E-state index contributed by atoms with van der Waals surface area (Å²) in [4.78, 5) is 16.3. The van der Waals surface area contributed by atoms with Crippen LogP contribution in [-0.2, 0) is 0 Å². The lowest BCUT2D eigenvalue weighted by Gasteiger charge is -2.17. The first kappa shape index (κ1) is 14.0. The van der Waals surface area contributed by atoms with E-state index in [0.29, 0.717) is 29.7 Å². The summed E-state index contributed by atoms with van der Waals surface area (Å²) < 4.78 is 5.03. The quantitative estimate of drug-likeness (QED) is 0.893. The zero-order valence-electron chi connectivity index (χ0n) is 12.0. The lowest BCUT2D eigenvalue weighted by molar-refractivity contribution is 0.0937. The smallest absolute Gasteiger partial charge is 0.257 e. The average molecular weight is 289 g/mol. The second-order valence-electron chi connectivity index (χ2n) is 5.69. The van der Waals surface area contributed by atoms with Crippen LogP contribution in [0.2, 0.25) is 0 Å². The van der Waals surface area contributed by atoms with Gasteiger partial charge in [0.1, 0.15) is 0 Å². The van der Waals surface area contributed by atoms with E-state index in [9.17, 15) is 9.90 Å². The first-order valence-electron chi connectivity index (χ1n) is 7.30. The van der Waals surface area contributed by atoms with Crippen LogP contribution in [0.3, 0.4) is 0 Å². The highest BCUT2D eigenvalue weighted by Crippen LogP contribution is 2.30. The number of nitrogens with zero attached hydrogens (tertiary/aromatic N) is 2. The Morgan fingerprint density at radius 2 is 2.29 bits per heavy atom. The number of nitrogens with one attached hydrogen (secondary N) is 1. The molecule has 2 N–H and O–H groups in total. The maximum Gasteiger partial charge on any atom is 0.257 e. The van der Waals surface area contributed by atoms with E-state index in [1.807, 2.05) is 6.92 Å². The zero-order chi connectivity index (χ0) is 14.8. The van der Waals surface area contributed by atoms with Gasteiger partial charge in [0.2, 0.25) is 0 Å². The summed E-state index contributed by atoms with van der Waals surface area (Å²) in [5, 5.41) is 16.8. The minimum absolute atomic E-state index is 0.145. The number of hydrogen-bond acceptors (Lipinski definition) is 5. The van der Waals surface area contributed by atoms with Crippen LogP contribution in [0.15, 0.2) is 16.8 Å². The number of hydrogen-bond donors (Lipinski definition) is 2. The number of rotatable bonds is 4. The molecule has 0 aromatic carbocycles. The summed E-state index contributed by atoms with van der Waals surface area (Å²) in [6.07, 6.45) is 4.73. The van der Waals surface area contributed by atoms with Gasteiger partial charge in [0, 0.05) is 19.3 Å². The molecular formula is C15H19N3O3. The van der Waals surface area contributed by atoms with Crippen molar-refractivity contribution in [3.63, 3.8) is 0 Å². The number of fused-ring (bicyclic) bond motifs is 1. The van der Waals surface area contributed by atoms with Crippen molar-refractivity contribution < 1.29 is 14.4 Å². The number of aromatic nitrogens is 2. The molecule has 3 rings (SSSR count). The largest absolute Gasteiger partial charge is 0.396 e. The molecule has 0 radical (unpaired) electrons. The number of carbonyl (C=O) groups excluding carboxylic acids is 1. The molecule has 1 aliphatic carbocycles. The molecule has 1 fully saturated rings. The van der Waals surface area contributed by atoms with Crippen LogP contribution in [0.5, 0.6) is 0 Å². The van der Waals surface area contributed by atoms with Gasteiger partial charge in [0.15, 0.2) is 0 Å². The molecule has 21 heavy (non-hydrogen) atoms. The van der Waals surface area contributed by atoms with E-state index in [2.05, 4.69) is 15.5 Å². The fraction of sp³-hybridized carbons (Fsp3) is 0.533. The van der Waals surface area contributed by atoms with Gasteiger partial charge in [-0.1, -0.05) is 11.6 Å². The number of pyridine rings is 1. The van der Waals surface area contributed by atoms with E-state index < -0.39 is 0 Å². The molecule has 0 saturated heterocycles. The molecule has 6 heteroatoms. The van der Waals surface area contributed by atoms with E-state index in [0.717, 1.165) is 30.3 Å². The number of aryl methyl sites for hydroxylation is 1. The second kappa shape index (κ2) is 5.81. The number of amides is 1. The lowest BCUT2D eigenvalue weighted by Crippen LogP contribution is -2.31. The number of aliphatic hydroxyl groups is 1. The zero-order valence-corrected chi connectivity index (χ0v) is 12.0. The van der Waals surface area contributed by atoms with Crippen molar-refractivity contribution in [1.29, 1.82) is 0 Å². The topological polar surface area (TPSA) is 88.2 Å². The molecule has 2 aromatic heterocycles. The van der Waals surface area contributed by atoms with Crippen molar-refractivity contribution in [2.45, 2.75) is 26.2 Å². The van der Waals surface area contributed by atoms with Gasteiger partial charge in [-0.2, -0.15) is 0 Å². The summed E-state index contributed by atoms with van der Waals surface area (Å²) in [5.41, 5.74) is 1.68. The van der Waals surface area contributed by atoms with Crippen molar-refractivity contribution >= 4 is 17.0 Å². The summed E-state index contributed by atoms with van der Waals surface area (Å²) in [7, 11) is 0. The molecule has 2 aromatic rings. The van der Waals surface area contributed by atoms with Crippen molar-refractivity contribution in [2.24, 2.45) is 11.8 Å². The lowest BCUT2D eigenvalue weighted by atomic mass is 9.97. The standard InChI is InChI=1S/C15H19N3O3/c1-9-13-5-12(7-17-15(13)21-18-9)14(20)16-6-10-3-2-4-11(10)8-19/h5,7,10-11,19H,2-4,6,8H2,1H3,(H,16,20). The van der Waals surface area contributed by atoms with Gasteiger partial charge in [-0.3, -0.25) is 4.79 Å². The van der Waals surface area contributed by atoms with E-state index in [4.69, 9.17) is 4.52 Å². The van der Waals surface area contributed by atoms with Gasteiger partial charge in [0.25, 0.3) is 11.6 Å². The molecule has 6 nitrogen and oxygen atoms in total. The molecule has 2 atom stereocenters. The highest BCUT2D eigenvalue weighted by atomic mass is 16.5. The molecule has 0 spiro atoms.